The normalized spacial score (nSPS) is 12.3. The van der Waals surface area contributed by atoms with Crippen molar-refractivity contribution in [3.63, 3.8) is 0 Å². The number of thioether (sulfide) groups is 1. The fourth-order valence-corrected chi connectivity index (χ4v) is 4.75. The number of nitrogens with zero attached hydrogens (tertiary/aromatic N) is 2. The predicted molar refractivity (Wildman–Crippen MR) is 122 cm³/mol. The molecule has 0 radical (unpaired) electrons. The summed E-state index contributed by atoms with van der Waals surface area (Å²) < 4.78 is 27.6. The van der Waals surface area contributed by atoms with Gasteiger partial charge in [0.25, 0.3) is 0 Å². The average Bonchev–Trinajstić information content (AvgIpc) is 2.77. The van der Waals surface area contributed by atoms with Crippen molar-refractivity contribution in [1.29, 1.82) is 0 Å². The largest absolute Gasteiger partial charge is 0.325 e. The van der Waals surface area contributed by atoms with Gasteiger partial charge < -0.3 is 5.32 Å². The number of rotatable bonds is 9. The van der Waals surface area contributed by atoms with E-state index in [0.29, 0.717) is 12.1 Å². The fraction of sp³-hybridized carbons (Fsp3) is 0.227. The van der Waals surface area contributed by atoms with Crippen LogP contribution in [0.25, 0.3) is 0 Å². The molecule has 2 N–H and O–H groups in total. The van der Waals surface area contributed by atoms with E-state index in [1.54, 1.807) is 12.1 Å². The van der Waals surface area contributed by atoms with E-state index >= 15 is 0 Å². The van der Waals surface area contributed by atoms with E-state index in [4.69, 9.17) is 0 Å². The van der Waals surface area contributed by atoms with E-state index in [-0.39, 0.29) is 22.6 Å². The third kappa shape index (κ3) is 6.61. The molecule has 2 aromatic carbocycles. The zero-order chi connectivity index (χ0) is 22.3. The lowest BCUT2D eigenvalue weighted by atomic mass is 10.2. The molecule has 1 aromatic heterocycles. The number of nitrogens with one attached hydrogen (secondary N) is 2. The van der Waals surface area contributed by atoms with Crippen LogP contribution in [-0.2, 0) is 21.4 Å². The number of sulfonamides is 1. The van der Waals surface area contributed by atoms with E-state index < -0.39 is 10.0 Å². The number of amides is 1. The average molecular weight is 457 g/mol. The van der Waals surface area contributed by atoms with Crippen molar-refractivity contribution >= 4 is 33.4 Å². The zero-order valence-corrected chi connectivity index (χ0v) is 18.9. The minimum atomic E-state index is -3.65. The van der Waals surface area contributed by atoms with Crippen molar-refractivity contribution in [2.45, 2.75) is 42.0 Å². The molecule has 7 nitrogen and oxygen atoms in total. The quantitative estimate of drug-likeness (QED) is 0.375. The second-order valence-corrected chi connectivity index (χ2v) is 9.83. The van der Waals surface area contributed by atoms with Crippen molar-refractivity contribution in [3.05, 3.63) is 78.2 Å². The van der Waals surface area contributed by atoms with E-state index in [0.717, 1.165) is 16.3 Å². The highest BCUT2D eigenvalue weighted by Crippen LogP contribution is 2.25. The standard InChI is InChI=1S/C22H24N4O3S2/c1-3-20(30-21-13-16(2)23-15-24-21)22(27)26-18-9-11-19(12-10-18)31(28,29)25-14-17-7-5-4-6-8-17/h4-13,15,20,25H,3,14H2,1-2H3,(H,26,27). The summed E-state index contributed by atoms with van der Waals surface area (Å²) in [7, 11) is -3.65. The number of hydrogen-bond acceptors (Lipinski definition) is 6. The van der Waals surface area contributed by atoms with Crippen LogP contribution in [0.4, 0.5) is 5.69 Å². The second kappa shape index (κ2) is 10.5. The molecule has 0 spiro atoms. The number of benzene rings is 2. The molecule has 0 aliphatic heterocycles. The van der Waals surface area contributed by atoms with Gasteiger partial charge >= 0.3 is 0 Å². The van der Waals surface area contributed by atoms with Gasteiger partial charge in [-0.15, -0.1) is 0 Å². The van der Waals surface area contributed by atoms with Crippen LogP contribution in [0.3, 0.4) is 0 Å². The Morgan fingerprint density at radius 1 is 1.06 bits per heavy atom. The first-order valence-corrected chi connectivity index (χ1v) is 12.1. The lowest BCUT2D eigenvalue weighted by Crippen LogP contribution is -2.25. The molecule has 3 rings (SSSR count). The molecule has 0 aliphatic rings. The zero-order valence-electron chi connectivity index (χ0n) is 17.3. The van der Waals surface area contributed by atoms with Crippen molar-refractivity contribution in [3.8, 4) is 0 Å². The number of aryl methyl sites for hydroxylation is 1. The number of carbonyl (C=O) groups is 1. The molecule has 1 heterocycles. The topological polar surface area (TPSA) is 101 Å². The smallest absolute Gasteiger partial charge is 0.240 e. The maximum Gasteiger partial charge on any atom is 0.240 e. The first-order chi connectivity index (χ1) is 14.9. The van der Waals surface area contributed by atoms with Crippen LogP contribution >= 0.6 is 11.8 Å². The van der Waals surface area contributed by atoms with E-state index in [1.807, 2.05) is 50.2 Å². The molecule has 162 valence electrons. The number of carbonyl (C=O) groups excluding carboxylic acids is 1. The highest BCUT2D eigenvalue weighted by molar-refractivity contribution is 8.00. The minimum Gasteiger partial charge on any atom is -0.325 e. The Balaban J connectivity index is 1.61. The third-order valence-electron chi connectivity index (χ3n) is 4.45. The van der Waals surface area contributed by atoms with E-state index in [1.165, 1.54) is 30.2 Å². The summed E-state index contributed by atoms with van der Waals surface area (Å²) in [6.07, 6.45) is 2.10. The molecule has 0 aliphatic carbocycles. The van der Waals surface area contributed by atoms with Gasteiger partial charge in [0.15, 0.2) is 0 Å². The summed E-state index contributed by atoms with van der Waals surface area (Å²) in [6, 6.07) is 17.3. The SMILES string of the molecule is CCC(Sc1cc(C)ncn1)C(=O)Nc1ccc(S(=O)(=O)NCc2ccccc2)cc1. The van der Waals surface area contributed by atoms with Gasteiger partial charge in [-0.25, -0.2) is 23.1 Å². The van der Waals surface area contributed by atoms with Crippen LogP contribution < -0.4 is 10.0 Å². The molecule has 0 saturated carbocycles. The lowest BCUT2D eigenvalue weighted by molar-refractivity contribution is -0.115. The number of hydrogen-bond donors (Lipinski definition) is 2. The Labute approximate surface area is 186 Å². The van der Waals surface area contributed by atoms with Gasteiger partial charge in [0.2, 0.25) is 15.9 Å². The molecule has 9 heteroatoms. The van der Waals surface area contributed by atoms with E-state index in [2.05, 4.69) is 20.0 Å². The maximum absolute atomic E-state index is 12.7. The van der Waals surface area contributed by atoms with Crippen molar-refractivity contribution in [1.82, 2.24) is 14.7 Å². The fourth-order valence-electron chi connectivity index (χ4n) is 2.76. The maximum atomic E-state index is 12.7. The lowest BCUT2D eigenvalue weighted by Gasteiger charge is -2.14. The van der Waals surface area contributed by atoms with Gasteiger partial charge in [-0.2, -0.15) is 0 Å². The van der Waals surface area contributed by atoms with Crippen LogP contribution in [0.5, 0.6) is 0 Å². The number of aromatic nitrogens is 2. The second-order valence-electron chi connectivity index (χ2n) is 6.84. The Bertz CT molecular complexity index is 1120. The van der Waals surface area contributed by atoms with Gasteiger partial charge in [0, 0.05) is 17.9 Å². The molecule has 0 saturated heterocycles. The van der Waals surface area contributed by atoms with Gasteiger partial charge in [0.1, 0.15) is 11.4 Å². The Hall–Kier alpha value is -2.75. The summed E-state index contributed by atoms with van der Waals surface area (Å²) in [5.41, 5.74) is 2.24. The summed E-state index contributed by atoms with van der Waals surface area (Å²) in [4.78, 5) is 21.1. The first kappa shape index (κ1) is 22.9. The summed E-state index contributed by atoms with van der Waals surface area (Å²) in [5.74, 6) is -0.165. The Kier molecular flexibility index (Phi) is 7.78. The summed E-state index contributed by atoms with van der Waals surface area (Å²) >= 11 is 1.37. The first-order valence-electron chi connectivity index (χ1n) is 9.77. The van der Waals surface area contributed by atoms with Gasteiger partial charge in [0.05, 0.1) is 10.1 Å². The molecular formula is C22H24N4O3S2. The molecule has 1 atom stereocenters. The Morgan fingerprint density at radius 3 is 2.42 bits per heavy atom. The highest BCUT2D eigenvalue weighted by Gasteiger charge is 2.19. The summed E-state index contributed by atoms with van der Waals surface area (Å²) in [6.45, 7) is 4.01. The third-order valence-corrected chi connectivity index (χ3v) is 7.16. The molecule has 3 aromatic rings. The molecule has 1 amide bonds. The molecule has 1 unspecified atom stereocenters. The summed E-state index contributed by atoms with van der Waals surface area (Å²) in [5, 5.41) is 3.25. The monoisotopic (exact) mass is 456 g/mol. The van der Waals surface area contributed by atoms with Crippen molar-refractivity contribution in [2.24, 2.45) is 0 Å². The van der Waals surface area contributed by atoms with Crippen LogP contribution in [0, 0.1) is 6.92 Å². The van der Waals surface area contributed by atoms with Gasteiger partial charge in [-0.3, -0.25) is 4.79 Å². The Morgan fingerprint density at radius 2 is 1.77 bits per heavy atom. The van der Waals surface area contributed by atoms with E-state index in [9.17, 15) is 13.2 Å². The van der Waals surface area contributed by atoms with Gasteiger partial charge in [-0.1, -0.05) is 49.0 Å². The molecule has 0 bridgehead atoms. The molecule has 0 fully saturated rings. The van der Waals surface area contributed by atoms with Crippen LogP contribution in [0.1, 0.15) is 24.6 Å². The predicted octanol–water partition coefficient (Wildman–Crippen LogP) is 3.77. The van der Waals surface area contributed by atoms with Gasteiger partial charge in [-0.05, 0) is 49.2 Å². The van der Waals surface area contributed by atoms with Crippen LogP contribution in [0.15, 0.2) is 76.9 Å². The van der Waals surface area contributed by atoms with Crippen LogP contribution in [-0.4, -0.2) is 29.5 Å². The van der Waals surface area contributed by atoms with Crippen LogP contribution in [0.2, 0.25) is 0 Å². The minimum absolute atomic E-state index is 0.138. The number of anilines is 1. The molecular weight excluding hydrogens is 432 g/mol. The highest BCUT2D eigenvalue weighted by atomic mass is 32.2. The van der Waals surface area contributed by atoms with Crippen molar-refractivity contribution < 1.29 is 13.2 Å². The van der Waals surface area contributed by atoms with Crippen molar-refractivity contribution in [2.75, 3.05) is 5.32 Å². The molecule has 31 heavy (non-hydrogen) atoms.